The van der Waals surface area contributed by atoms with Crippen molar-refractivity contribution in [2.75, 3.05) is 0 Å². The molecule has 0 radical (unpaired) electrons. The van der Waals surface area contributed by atoms with Crippen molar-refractivity contribution in [3.05, 3.63) is 81.4 Å². The number of rotatable bonds is 7. The molecule has 8 nitrogen and oxygen atoms in total. The summed E-state index contributed by atoms with van der Waals surface area (Å²) in [7, 11) is 0. The van der Waals surface area contributed by atoms with Gasteiger partial charge in [0.1, 0.15) is 28.6 Å². The smallest absolute Gasteiger partial charge is 0.338 e. The molecule has 0 spiro atoms. The van der Waals surface area contributed by atoms with Gasteiger partial charge in [0.15, 0.2) is 5.82 Å². The molecule has 2 aliphatic rings. The van der Waals surface area contributed by atoms with Gasteiger partial charge in [-0.25, -0.2) is 29.6 Å². The molecule has 3 heterocycles. The number of ether oxygens (including phenoxy) is 1. The normalized spacial score (nSPS) is 20.5. The Kier molecular flexibility index (Phi) is 6.87. The van der Waals surface area contributed by atoms with Gasteiger partial charge in [-0.05, 0) is 61.8 Å². The van der Waals surface area contributed by atoms with Crippen molar-refractivity contribution >= 4 is 11.7 Å². The summed E-state index contributed by atoms with van der Waals surface area (Å²) in [5.74, 6) is -1.46. The number of fused-ring (bicyclic) bond motifs is 1. The van der Waals surface area contributed by atoms with E-state index >= 15 is 0 Å². The quantitative estimate of drug-likeness (QED) is 0.307. The average molecular weight is 536 g/mol. The van der Waals surface area contributed by atoms with E-state index in [2.05, 4.69) is 19.9 Å². The molecule has 10 heteroatoms. The van der Waals surface area contributed by atoms with Crippen molar-refractivity contribution in [3.8, 4) is 0 Å². The number of aliphatic hydroxyl groups excluding tert-OH is 1. The third-order valence-corrected chi connectivity index (χ3v) is 7.99. The van der Waals surface area contributed by atoms with Gasteiger partial charge in [0.05, 0.1) is 5.57 Å². The Hall–Kier alpha value is -3.87. The third-order valence-electron chi connectivity index (χ3n) is 7.99. The van der Waals surface area contributed by atoms with Gasteiger partial charge in [-0.1, -0.05) is 12.8 Å². The van der Waals surface area contributed by atoms with Crippen molar-refractivity contribution in [3.63, 3.8) is 0 Å². The summed E-state index contributed by atoms with van der Waals surface area (Å²) in [6.07, 6.45) is 7.79. The van der Waals surface area contributed by atoms with Crippen LogP contribution in [0.4, 0.5) is 8.78 Å². The lowest BCUT2D eigenvalue weighted by atomic mass is 9.76. The number of cyclic esters (lactones) is 1. The first-order valence-corrected chi connectivity index (χ1v) is 13.2. The molecule has 1 atom stereocenters. The Morgan fingerprint density at radius 3 is 2.59 bits per heavy atom. The Morgan fingerprint density at radius 1 is 1.26 bits per heavy atom. The summed E-state index contributed by atoms with van der Waals surface area (Å²) >= 11 is 0. The largest absolute Gasteiger partial charge is 0.512 e. The standard InChI is InChI=1S/C29H31F2N5O3/c1-17-15-33-27-34-24(35-36(27)16-17)13-20-23(37)14-29(39-26(20)38,19-7-5-6-8-19)10-9-18-11-21(30)25(22(31)12-18)28(2,3)32-4/h11-12,15-16,19,37H,5-10,13-14H2,1-3H3. The average Bonchev–Trinajstić information content (AvgIpc) is 3.55. The van der Waals surface area contributed by atoms with Gasteiger partial charge >= 0.3 is 5.97 Å². The molecule has 1 unspecified atom stereocenters. The Balaban J connectivity index is 1.40. The lowest BCUT2D eigenvalue weighted by molar-refractivity contribution is -0.167. The van der Waals surface area contributed by atoms with Crippen molar-refractivity contribution < 1.29 is 23.4 Å². The Morgan fingerprint density at radius 2 is 1.95 bits per heavy atom. The fourth-order valence-electron chi connectivity index (χ4n) is 5.91. The molecule has 0 saturated heterocycles. The van der Waals surface area contributed by atoms with Crippen molar-refractivity contribution in [2.45, 2.75) is 83.3 Å². The first-order valence-electron chi connectivity index (χ1n) is 13.2. The van der Waals surface area contributed by atoms with Gasteiger partial charge in [0.25, 0.3) is 11.3 Å². The molecular weight excluding hydrogens is 504 g/mol. The van der Waals surface area contributed by atoms with E-state index in [-0.39, 0.29) is 42.1 Å². The summed E-state index contributed by atoms with van der Waals surface area (Å²) in [4.78, 5) is 25.2. The highest BCUT2D eigenvalue weighted by Gasteiger charge is 2.48. The molecule has 1 aliphatic carbocycles. The summed E-state index contributed by atoms with van der Waals surface area (Å²) in [5, 5.41) is 15.5. The third kappa shape index (κ3) is 5.10. The van der Waals surface area contributed by atoms with E-state index in [1.54, 1.807) is 12.4 Å². The molecule has 3 aromatic rings. The van der Waals surface area contributed by atoms with Crippen LogP contribution in [0.3, 0.4) is 0 Å². The fraction of sp³-hybridized carbons (Fsp3) is 0.483. The summed E-state index contributed by atoms with van der Waals surface area (Å²) < 4.78 is 37.5. The highest BCUT2D eigenvalue weighted by molar-refractivity contribution is 5.90. The maximum Gasteiger partial charge on any atom is 0.338 e. The van der Waals surface area contributed by atoms with Crippen molar-refractivity contribution in [1.82, 2.24) is 19.6 Å². The molecule has 0 bridgehead atoms. The number of nitrogens with zero attached hydrogens (tertiary/aromatic N) is 5. The predicted octanol–water partition coefficient (Wildman–Crippen LogP) is 5.73. The minimum absolute atomic E-state index is 0.00252. The van der Waals surface area contributed by atoms with Crippen LogP contribution in [-0.4, -0.2) is 36.3 Å². The van der Waals surface area contributed by atoms with Crippen LogP contribution in [0.15, 0.2) is 35.9 Å². The number of aromatic nitrogens is 4. The van der Waals surface area contributed by atoms with Gasteiger partial charge in [-0.2, -0.15) is 4.98 Å². The second-order valence-corrected chi connectivity index (χ2v) is 11.2. The number of carbonyl (C=O) groups is 1. The van der Waals surface area contributed by atoms with Crippen LogP contribution in [-0.2, 0) is 27.9 Å². The summed E-state index contributed by atoms with van der Waals surface area (Å²) in [5.41, 5.74) is -1.13. The molecular formula is C29H31F2N5O3. The second kappa shape index (κ2) is 10.0. The van der Waals surface area contributed by atoms with Crippen LogP contribution >= 0.6 is 0 Å². The SMILES string of the molecule is [C-]#[N+]C(C)(C)c1c(F)cc(CCC2(C3CCCC3)CC(O)=C(Cc3nc4ncc(C)cn4n3)C(=O)O2)cc1F. The number of esters is 1. The number of aliphatic hydroxyl groups is 1. The molecule has 204 valence electrons. The van der Waals surface area contributed by atoms with Crippen LogP contribution in [0.25, 0.3) is 10.6 Å². The van der Waals surface area contributed by atoms with Gasteiger partial charge in [0, 0.05) is 39.1 Å². The van der Waals surface area contributed by atoms with E-state index in [1.807, 2.05) is 6.92 Å². The lowest BCUT2D eigenvalue weighted by Gasteiger charge is -2.41. The van der Waals surface area contributed by atoms with Gasteiger partial charge < -0.3 is 14.7 Å². The number of hydrogen-bond acceptors (Lipinski definition) is 6. The molecule has 2 aromatic heterocycles. The monoisotopic (exact) mass is 535 g/mol. The Labute approximate surface area is 225 Å². The highest BCUT2D eigenvalue weighted by atomic mass is 19.1. The van der Waals surface area contributed by atoms with Gasteiger partial charge in [0.2, 0.25) is 0 Å². The molecule has 1 N–H and O–H groups in total. The van der Waals surface area contributed by atoms with Gasteiger partial charge in [-0.15, -0.1) is 5.10 Å². The Bertz CT molecular complexity index is 1490. The maximum absolute atomic E-state index is 14.9. The van der Waals surface area contributed by atoms with Crippen LogP contribution < -0.4 is 0 Å². The number of benzene rings is 1. The zero-order valence-corrected chi connectivity index (χ0v) is 22.3. The molecule has 1 saturated carbocycles. The maximum atomic E-state index is 14.9. The van der Waals surface area contributed by atoms with E-state index in [9.17, 15) is 18.7 Å². The number of halogens is 2. The first kappa shape index (κ1) is 26.7. The molecule has 1 aliphatic heterocycles. The fourth-order valence-corrected chi connectivity index (χ4v) is 5.91. The van der Waals surface area contributed by atoms with Crippen LogP contribution in [0.2, 0.25) is 0 Å². The highest BCUT2D eigenvalue weighted by Crippen LogP contribution is 2.46. The summed E-state index contributed by atoms with van der Waals surface area (Å²) in [6, 6.07) is 2.51. The van der Waals surface area contributed by atoms with Crippen LogP contribution in [0, 0.1) is 31.0 Å². The van der Waals surface area contributed by atoms with E-state index in [4.69, 9.17) is 11.3 Å². The predicted molar refractivity (Wildman–Crippen MR) is 139 cm³/mol. The van der Waals surface area contributed by atoms with Gasteiger partial charge in [-0.3, -0.25) is 0 Å². The van der Waals surface area contributed by atoms with Crippen LogP contribution in [0.5, 0.6) is 0 Å². The minimum Gasteiger partial charge on any atom is -0.512 e. The van der Waals surface area contributed by atoms with Crippen molar-refractivity contribution in [2.24, 2.45) is 5.92 Å². The van der Waals surface area contributed by atoms with E-state index in [0.717, 1.165) is 31.2 Å². The van der Waals surface area contributed by atoms with E-state index < -0.39 is 28.7 Å². The lowest BCUT2D eigenvalue weighted by Crippen LogP contribution is -2.46. The molecule has 1 fully saturated rings. The zero-order chi connectivity index (χ0) is 27.9. The minimum atomic E-state index is -1.33. The molecule has 0 amide bonds. The van der Waals surface area contributed by atoms with E-state index in [1.165, 1.54) is 30.5 Å². The molecule has 1 aromatic carbocycles. The zero-order valence-electron chi connectivity index (χ0n) is 22.3. The topological polar surface area (TPSA) is 94.0 Å². The first-order chi connectivity index (χ1) is 18.5. The number of carbonyl (C=O) groups excluding carboxylic acids is 1. The van der Waals surface area contributed by atoms with Crippen molar-refractivity contribution in [1.29, 1.82) is 0 Å². The molecule has 5 rings (SSSR count). The number of hydrogen-bond donors (Lipinski definition) is 1. The van der Waals surface area contributed by atoms with E-state index in [0.29, 0.717) is 23.6 Å². The summed E-state index contributed by atoms with van der Waals surface area (Å²) in [6.45, 7) is 12.1. The second-order valence-electron chi connectivity index (χ2n) is 11.2. The van der Waals surface area contributed by atoms with Crippen LogP contribution in [0.1, 0.15) is 74.9 Å². The molecule has 39 heavy (non-hydrogen) atoms. The number of aryl methyl sites for hydroxylation is 2.